The van der Waals surface area contributed by atoms with Gasteiger partial charge in [-0.05, 0) is 110 Å². The quantitative estimate of drug-likeness (QED) is 0.0278. The Balaban J connectivity index is 1.11. The number of nitrogens with one attached hydrogen (secondary N) is 1. The lowest BCUT2D eigenvalue weighted by Crippen LogP contribution is -2.20. The number of ketones is 2. The predicted octanol–water partition coefficient (Wildman–Crippen LogP) is 6.81. The molecule has 0 bridgehead atoms. The van der Waals surface area contributed by atoms with Crippen molar-refractivity contribution in [3.63, 3.8) is 0 Å². The number of aliphatic hydroxyl groups is 2. The number of carbonyl (C=O) groups is 2. The van der Waals surface area contributed by atoms with E-state index in [4.69, 9.17) is 16.2 Å². The zero-order chi connectivity index (χ0) is 40.5. The molecule has 0 saturated heterocycles. The van der Waals surface area contributed by atoms with Crippen LogP contribution in [0.25, 0.3) is 0 Å². The summed E-state index contributed by atoms with van der Waals surface area (Å²) >= 11 is 0. The van der Waals surface area contributed by atoms with Gasteiger partial charge in [0.15, 0.2) is 23.1 Å². The summed E-state index contributed by atoms with van der Waals surface area (Å²) in [5.74, 6) is 6.23. The molecule has 3 aromatic carbocycles. The number of rotatable bonds is 16. The maximum Gasteiger partial charge on any atom is 0.165 e. The minimum Gasteiger partial charge on any atom is -0.508 e. The summed E-state index contributed by atoms with van der Waals surface area (Å²) in [7, 11) is 0. The molecule has 2 aliphatic rings. The standard InChI is InChI=1S/C47H55N3O7/c1-30(51)5-2-3-20-47(22-17-36(53)29-47)21-16-35(52)12-8-31-10-15-43(55)45(26-31)57-24-19-32-9-14-42(54)40(25-32)39-28-44(56)38-18-23-50-41(38)7-4-6-33-27-34(46(48)49)11-13-37(33)39/h9-11,13-16,18,21,23,25-27,30,36,39,46,50-51,53-55H,2-3,5,7-8,12,17,19-20,22,24,28-29,48-49H2,1H3/b21-16+/t30-,36-,39-,47+/m0/s1. The highest BCUT2D eigenvalue weighted by Gasteiger charge is 2.36. The van der Waals surface area contributed by atoms with Crippen LogP contribution in [0.2, 0.25) is 0 Å². The van der Waals surface area contributed by atoms with Gasteiger partial charge in [-0.3, -0.25) is 9.59 Å². The Morgan fingerprint density at radius 3 is 2.56 bits per heavy atom. The number of nitrogens with two attached hydrogens (primary N) is 2. The molecule has 0 spiro atoms. The Morgan fingerprint density at radius 2 is 1.81 bits per heavy atom. The average Bonchev–Trinajstić information content (AvgIpc) is 3.82. The second kappa shape index (κ2) is 18.8. The topological polar surface area (TPSA) is 192 Å². The molecule has 4 aromatic rings. The van der Waals surface area contributed by atoms with E-state index in [1.165, 1.54) is 0 Å². The summed E-state index contributed by atoms with van der Waals surface area (Å²) in [6.45, 7) is 2.02. The Hall–Kier alpha value is -5.18. The lowest BCUT2D eigenvalue weighted by atomic mass is 9.80. The highest BCUT2D eigenvalue weighted by molar-refractivity contribution is 5.98. The highest BCUT2D eigenvalue weighted by Crippen LogP contribution is 2.44. The third-order valence-electron chi connectivity index (χ3n) is 11.4. The number of fused-ring (bicyclic) bond motifs is 2. The van der Waals surface area contributed by atoms with Crippen LogP contribution in [-0.2, 0) is 24.1 Å². The normalized spacial score (nSPS) is 19.9. The molecule has 10 nitrogen and oxygen atoms in total. The van der Waals surface area contributed by atoms with E-state index in [0.717, 1.165) is 60.9 Å². The van der Waals surface area contributed by atoms with Crippen molar-refractivity contribution in [1.29, 1.82) is 0 Å². The number of aryl methyl sites for hydroxylation is 1. The molecule has 57 heavy (non-hydrogen) atoms. The van der Waals surface area contributed by atoms with Crippen molar-refractivity contribution in [2.24, 2.45) is 16.9 Å². The first-order valence-electron chi connectivity index (χ1n) is 20.1. The van der Waals surface area contributed by atoms with Crippen LogP contribution in [0.4, 0.5) is 0 Å². The van der Waals surface area contributed by atoms with E-state index in [2.05, 4.69) is 16.8 Å². The first-order valence-corrected chi connectivity index (χ1v) is 20.1. The number of H-pyrrole nitrogens is 1. The van der Waals surface area contributed by atoms with E-state index in [1.54, 1.807) is 49.5 Å². The number of aromatic hydroxyl groups is 2. The van der Waals surface area contributed by atoms with Crippen LogP contribution in [0.1, 0.15) is 126 Å². The van der Waals surface area contributed by atoms with Gasteiger partial charge in [-0.1, -0.05) is 61.1 Å². The molecule has 0 radical (unpaired) electrons. The molecule has 1 fully saturated rings. The van der Waals surface area contributed by atoms with Gasteiger partial charge in [0.2, 0.25) is 0 Å². The van der Waals surface area contributed by atoms with E-state index in [-0.39, 0.29) is 53.7 Å². The van der Waals surface area contributed by atoms with Crippen LogP contribution >= 0.6 is 0 Å². The van der Waals surface area contributed by atoms with Gasteiger partial charge in [-0.25, -0.2) is 0 Å². The summed E-state index contributed by atoms with van der Waals surface area (Å²) in [4.78, 5) is 29.8. The molecule has 0 amide bonds. The molecule has 1 saturated carbocycles. The Kier molecular flexibility index (Phi) is 13.7. The number of carbonyl (C=O) groups excluding carboxylic acids is 2. The smallest absolute Gasteiger partial charge is 0.165 e. The van der Waals surface area contributed by atoms with Crippen LogP contribution in [0.15, 0.2) is 79.0 Å². The van der Waals surface area contributed by atoms with Gasteiger partial charge in [0.25, 0.3) is 0 Å². The molecule has 1 aromatic heterocycles. The summed E-state index contributed by atoms with van der Waals surface area (Å²) in [6.07, 6.45) is 11.4. The number of Topliss-reactive ketones (excluding diaryl/α,β-unsaturated/α-hetero) is 1. The largest absolute Gasteiger partial charge is 0.508 e. The van der Waals surface area contributed by atoms with Crippen LogP contribution < -0.4 is 16.2 Å². The maximum atomic E-state index is 13.7. The van der Waals surface area contributed by atoms with Crippen LogP contribution in [0.5, 0.6) is 17.2 Å². The summed E-state index contributed by atoms with van der Waals surface area (Å²) < 4.78 is 6.06. The van der Waals surface area contributed by atoms with Gasteiger partial charge in [0.05, 0.1) is 31.4 Å². The van der Waals surface area contributed by atoms with Gasteiger partial charge >= 0.3 is 0 Å². The zero-order valence-electron chi connectivity index (χ0n) is 32.7. The van der Waals surface area contributed by atoms with Gasteiger partial charge in [0, 0.05) is 53.8 Å². The number of phenols is 2. The molecule has 10 heteroatoms. The molecule has 1 heterocycles. The van der Waals surface area contributed by atoms with Gasteiger partial charge in [0.1, 0.15) is 5.75 Å². The maximum absolute atomic E-state index is 13.7. The number of aliphatic hydroxyl groups excluding tert-OH is 2. The number of benzene rings is 3. The second-order valence-electron chi connectivity index (χ2n) is 15.8. The fourth-order valence-corrected chi connectivity index (χ4v) is 8.19. The molecule has 2 aliphatic carbocycles. The van der Waals surface area contributed by atoms with Crippen molar-refractivity contribution >= 4 is 11.6 Å². The Morgan fingerprint density at radius 1 is 1.02 bits per heavy atom. The third kappa shape index (κ3) is 10.8. The van der Waals surface area contributed by atoms with Gasteiger partial charge in [-0.15, -0.1) is 0 Å². The molecule has 300 valence electrons. The number of hydrogen-bond donors (Lipinski definition) is 7. The number of aromatic amines is 1. The van der Waals surface area contributed by atoms with Crippen LogP contribution in [0, 0.1) is 17.3 Å². The van der Waals surface area contributed by atoms with Crippen LogP contribution in [-0.4, -0.2) is 55.8 Å². The number of allylic oxidation sites excluding steroid dienone is 2. The molecular formula is C47H55N3O7. The number of ether oxygens (including phenoxy) is 1. The van der Waals surface area contributed by atoms with E-state index in [1.807, 2.05) is 36.4 Å². The van der Waals surface area contributed by atoms with E-state index in [0.29, 0.717) is 60.1 Å². The zero-order valence-corrected chi connectivity index (χ0v) is 32.7. The lowest BCUT2D eigenvalue weighted by molar-refractivity contribution is -0.114. The molecular weight excluding hydrogens is 719 g/mol. The summed E-state index contributed by atoms with van der Waals surface area (Å²) in [6, 6.07) is 17.8. The van der Waals surface area contributed by atoms with E-state index >= 15 is 0 Å². The SMILES string of the molecule is C[C@H](O)CCCC[C@@]1(/C=C/C(=O)CCc2ccc(O)c(OCCc3ccc(O)c([C@H]4CC(=O)c5cc[nH]c5CC#Cc5cc(C(N)N)ccc54)c3)c2)CC[C@H](O)C1. The van der Waals surface area contributed by atoms with Crippen LogP contribution in [0.3, 0.4) is 0 Å². The van der Waals surface area contributed by atoms with Crippen molar-refractivity contribution in [2.45, 2.75) is 108 Å². The Bertz CT molecular complexity index is 2140. The van der Waals surface area contributed by atoms with E-state index < -0.39 is 12.1 Å². The van der Waals surface area contributed by atoms with Gasteiger partial charge < -0.3 is 41.6 Å². The molecule has 0 unspecified atom stereocenters. The number of aromatic nitrogens is 1. The number of unbranched alkanes of at least 4 members (excludes halogenated alkanes) is 1. The molecule has 4 atom stereocenters. The van der Waals surface area contributed by atoms with E-state index in [9.17, 15) is 30.0 Å². The Labute approximate surface area is 335 Å². The lowest BCUT2D eigenvalue weighted by Gasteiger charge is -2.25. The summed E-state index contributed by atoms with van der Waals surface area (Å²) in [5, 5.41) is 41.7. The number of hydrogen-bond acceptors (Lipinski definition) is 9. The minimum atomic E-state index is -0.696. The average molecular weight is 774 g/mol. The second-order valence-corrected chi connectivity index (χ2v) is 15.8. The van der Waals surface area contributed by atoms with Crippen molar-refractivity contribution < 1.29 is 34.8 Å². The molecule has 9 N–H and O–H groups in total. The third-order valence-corrected chi connectivity index (χ3v) is 11.4. The van der Waals surface area contributed by atoms with Crippen molar-refractivity contribution in [3.05, 3.63) is 124 Å². The first-order chi connectivity index (χ1) is 27.4. The van der Waals surface area contributed by atoms with Gasteiger partial charge in [-0.2, -0.15) is 0 Å². The fraction of sp³-hybridized carbons (Fsp3) is 0.404. The number of phenolic OH excluding ortho intramolecular Hbond substituents is 2. The van der Waals surface area contributed by atoms with Crippen molar-refractivity contribution in [1.82, 2.24) is 4.98 Å². The minimum absolute atomic E-state index is 0.00203. The summed E-state index contributed by atoms with van der Waals surface area (Å²) in [5.41, 5.74) is 17.6. The van der Waals surface area contributed by atoms with Crippen molar-refractivity contribution in [2.75, 3.05) is 6.61 Å². The monoisotopic (exact) mass is 773 g/mol. The first kappa shape index (κ1) is 41.5. The predicted molar refractivity (Wildman–Crippen MR) is 220 cm³/mol. The molecule has 0 aliphatic heterocycles. The fourth-order valence-electron chi connectivity index (χ4n) is 8.19. The highest BCUT2D eigenvalue weighted by atomic mass is 16.5. The molecule has 6 rings (SSSR count). The van der Waals surface area contributed by atoms with Crippen molar-refractivity contribution in [3.8, 4) is 29.1 Å².